The molecule has 0 radical (unpaired) electrons. The van der Waals surface area contributed by atoms with Crippen LogP contribution in [0.1, 0.15) is 118 Å². The lowest BCUT2D eigenvalue weighted by atomic mass is 9.73. The fraction of sp³-hybridized carbons (Fsp3) is 0.867. The van der Waals surface area contributed by atoms with Crippen molar-refractivity contribution in [1.29, 1.82) is 0 Å². The van der Waals surface area contributed by atoms with E-state index in [9.17, 15) is 30.0 Å². The number of rotatable bonds is 14. The van der Waals surface area contributed by atoms with Crippen LogP contribution in [-0.2, 0) is 9.59 Å². The van der Waals surface area contributed by atoms with Gasteiger partial charge in [0, 0.05) is 11.8 Å². The molecule has 6 unspecified atom stereocenters. The molecule has 6 atom stereocenters. The second-order valence-electron chi connectivity index (χ2n) is 12.9. The molecule has 6 heteroatoms. The summed E-state index contributed by atoms with van der Waals surface area (Å²) < 4.78 is 0. The Hall–Kier alpha value is -1.40. The standard InChI is InChI=1S/C30H52O6/c1-29(2,27(33)34)19-7-5-11-21-13-9-15-23(25(21)31)17-18-24-16-10-14-22(26(24)32)12-6-8-20-30(3,4)28(35)36/h17-18,21-26,31-32H,5-16,19-20H2,1-4H3,(H,33,34)(H,35,36)/b18-17+. The van der Waals surface area contributed by atoms with Gasteiger partial charge in [-0.2, -0.15) is 0 Å². The Morgan fingerprint density at radius 1 is 0.667 bits per heavy atom. The van der Waals surface area contributed by atoms with Crippen LogP contribution in [0.15, 0.2) is 12.2 Å². The second-order valence-corrected chi connectivity index (χ2v) is 12.9. The summed E-state index contributed by atoms with van der Waals surface area (Å²) in [6.45, 7) is 7.10. The van der Waals surface area contributed by atoms with Gasteiger partial charge in [0.15, 0.2) is 0 Å². The topological polar surface area (TPSA) is 115 Å². The van der Waals surface area contributed by atoms with Crippen molar-refractivity contribution in [2.45, 2.75) is 130 Å². The fourth-order valence-electron chi connectivity index (χ4n) is 6.11. The number of carbonyl (C=O) groups is 2. The number of carboxylic acids is 2. The SMILES string of the molecule is CC(C)(CCCCC1CCCC(/C=C/C2CCCC(CCCCC(C)(C)C(=O)O)C2O)C1O)C(=O)O. The summed E-state index contributed by atoms with van der Waals surface area (Å²) in [4.78, 5) is 22.6. The predicted octanol–water partition coefficient (Wildman–Crippen LogP) is 6.44. The third-order valence-corrected chi connectivity index (χ3v) is 9.08. The van der Waals surface area contributed by atoms with E-state index in [0.717, 1.165) is 77.0 Å². The molecule has 2 aliphatic carbocycles. The number of aliphatic hydroxyl groups excluding tert-OH is 2. The Balaban J connectivity index is 1.79. The van der Waals surface area contributed by atoms with E-state index in [0.29, 0.717) is 12.8 Å². The van der Waals surface area contributed by atoms with Gasteiger partial charge in [-0.05, 0) is 90.9 Å². The Bertz CT molecular complexity index is 667. The fourth-order valence-corrected chi connectivity index (χ4v) is 6.11. The summed E-state index contributed by atoms with van der Waals surface area (Å²) in [5.74, 6) is -0.713. The van der Waals surface area contributed by atoms with Crippen LogP contribution in [-0.4, -0.2) is 44.6 Å². The van der Waals surface area contributed by atoms with E-state index in [4.69, 9.17) is 0 Å². The summed E-state index contributed by atoms with van der Waals surface area (Å²) in [5, 5.41) is 40.6. The molecule has 0 amide bonds. The van der Waals surface area contributed by atoms with Crippen molar-refractivity contribution in [3.8, 4) is 0 Å². The first kappa shape index (κ1) is 30.8. The molecule has 0 bridgehead atoms. The van der Waals surface area contributed by atoms with Crippen molar-refractivity contribution in [2.24, 2.45) is 34.5 Å². The summed E-state index contributed by atoms with van der Waals surface area (Å²) >= 11 is 0. The van der Waals surface area contributed by atoms with Crippen LogP contribution < -0.4 is 0 Å². The molecule has 0 aliphatic heterocycles. The molecule has 0 heterocycles. The second kappa shape index (κ2) is 13.9. The molecule has 0 aromatic carbocycles. The number of carboxylic acid groups (broad SMARTS) is 2. The average Bonchev–Trinajstić information content (AvgIpc) is 2.81. The monoisotopic (exact) mass is 508 g/mol. The van der Waals surface area contributed by atoms with Crippen molar-refractivity contribution in [2.75, 3.05) is 0 Å². The van der Waals surface area contributed by atoms with Crippen molar-refractivity contribution in [1.82, 2.24) is 0 Å². The van der Waals surface area contributed by atoms with E-state index in [2.05, 4.69) is 12.2 Å². The van der Waals surface area contributed by atoms with E-state index < -0.39 is 22.8 Å². The minimum Gasteiger partial charge on any atom is -0.481 e. The number of hydrogen-bond acceptors (Lipinski definition) is 4. The van der Waals surface area contributed by atoms with Gasteiger partial charge in [0.05, 0.1) is 23.0 Å². The molecular formula is C30H52O6. The van der Waals surface area contributed by atoms with E-state index >= 15 is 0 Å². The maximum absolute atomic E-state index is 11.3. The molecule has 0 saturated heterocycles. The lowest BCUT2D eigenvalue weighted by molar-refractivity contribution is -0.148. The van der Waals surface area contributed by atoms with Crippen LogP contribution in [0.4, 0.5) is 0 Å². The van der Waals surface area contributed by atoms with Gasteiger partial charge in [0.2, 0.25) is 0 Å². The van der Waals surface area contributed by atoms with Crippen LogP contribution in [0.3, 0.4) is 0 Å². The maximum atomic E-state index is 11.3. The molecule has 2 rings (SSSR count). The largest absolute Gasteiger partial charge is 0.481 e. The minimum absolute atomic E-state index is 0.130. The quantitative estimate of drug-likeness (QED) is 0.159. The average molecular weight is 509 g/mol. The first-order chi connectivity index (χ1) is 16.8. The van der Waals surface area contributed by atoms with Crippen LogP contribution >= 0.6 is 0 Å². The zero-order valence-corrected chi connectivity index (χ0v) is 23.1. The molecule has 208 valence electrons. The Kier molecular flexibility index (Phi) is 11.9. The highest BCUT2D eigenvalue weighted by Gasteiger charge is 2.33. The van der Waals surface area contributed by atoms with Crippen LogP contribution in [0, 0.1) is 34.5 Å². The first-order valence-corrected chi connectivity index (χ1v) is 14.4. The van der Waals surface area contributed by atoms with Crippen LogP contribution in [0.25, 0.3) is 0 Å². The number of unbranched alkanes of at least 4 members (excludes halogenated alkanes) is 2. The van der Waals surface area contributed by atoms with Crippen molar-refractivity contribution in [3.05, 3.63) is 12.2 Å². The summed E-state index contributed by atoms with van der Waals surface area (Å²) in [6, 6.07) is 0. The van der Waals surface area contributed by atoms with Gasteiger partial charge in [-0.3, -0.25) is 9.59 Å². The Morgan fingerprint density at radius 2 is 1.03 bits per heavy atom. The summed E-state index contributed by atoms with van der Waals surface area (Å²) in [5.41, 5.74) is -1.38. The highest BCUT2D eigenvalue weighted by Crippen LogP contribution is 2.37. The molecule has 0 aromatic heterocycles. The molecule has 2 saturated carbocycles. The number of aliphatic carboxylic acids is 2. The van der Waals surface area contributed by atoms with Gasteiger partial charge >= 0.3 is 11.9 Å². The van der Waals surface area contributed by atoms with Crippen LogP contribution in [0.5, 0.6) is 0 Å². The predicted molar refractivity (Wildman–Crippen MR) is 143 cm³/mol. The highest BCUT2D eigenvalue weighted by atomic mass is 16.4. The van der Waals surface area contributed by atoms with E-state index in [1.807, 2.05) is 0 Å². The molecule has 0 spiro atoms. The lowest BCUT2D eigenvalue weighted by Crippen LogP contribution is -2.34. The van der Waals surface area contributed by atoms with E-state index in [-0.39, 0.29) is 35.9 Å². The first-order valence-electron chi connectivity index (χ1n) is 14.4. The molecule has 6 nitrogen and oxygen atoms in total. The van der Waals surface area contributed by atoms with Gasteiger partial charge in [-0.25, -0.2) is 0 Å². The maximum Gasteiger partial charge on any atom is 0.309 e. The Labute approximate surface area is 218 Å². The zero-order valence-electron chi connectivity index (χ0n) is 23.1. The van der Waals surface area contributed by atoms with Gasteiger partial charge < -0.3 is 20.4 Å². The van der Waals surface area contributed by atoms with Gasteiger partial charge in [0.1, 0.15) is 0 Å². The van der Waals surface area contributed by atoms with Gasteiger partial charge in [-0.1, -0.05) is 50.7 Å². The van der Waals surface area contributed by atoms with Gasteiger partial charge in [-0.15, -0.1) is 0 Å². The summed E-state index contributed by atoms with van der Waals surface area (Å²) in [7, 11) is 0. The molecule has 0 aromatic rings. The highest BCUT2D eigenvalue weighted by molar-refractivity contribution is 5.73. The van der Waals surface area contributed by atoms with Gasteiger partial charge in [0.25, 0.3) is 0 Å². The number of hydrogen-bond donors (Lipinski definition) is 4. The van der Waals surface area contributed by atoms with Crippen molar-refractivity contribution in [3.63, 3.8) is 0 Å². The number of aliphatic hydroxyl groups is 2. The van der Waals surface area contributed by atoms with Crippen LogP contribution in [0.2, 0.25) is 0 Å². The van der Waals surface area contributed by atoms with E-state index in [1.54, 1.807) is 27.7 Å². The summed E-state index contributed by atoms with van der Waals surface area (Å²) in [6.07, 6.45) is 16.6. The van der Waals surface area contributed by atoms with Crippen molar-refractivity contribution >= 4 is 11.9 Å². The third kappa shape index (κ3) is 9.16. The van der Waals surface area contributed by atoms with Crippen molar-refractivity contribution < 1.29 is 30.0 Å². The third-order valence-electron chi connectivity index (χ3n) is 9.08. The minimum atomic E-state index is -0.750. The lowest BCUT2D eigenvalue weighted by Gasteiger charge is -2.36. The smallest absolute Gasteiger partial charge is 0.309 e. The van der Waals surface area contributed by atoms with E-state index in [1.165, 1.54) is 0 Å². The molecule has 2 fully saturated rings. The Morgan fingerprint density at radius 3 is 1.36 bits per heavy atom. The zero-order chi connectivity index (χ0) is 26.9. The normalized spacial score (nSPS) is 29.9. The molecule has 4 N–H and O–H groups in total. The molecule has 2 aliphatic rings. The molecular weight excluding hydrogens is 456 g/mol. The molecule has 36 heavy (non-hydrogen) atoms.